The molecule has 0 aromatic carbocycles. The van der Waals surface area contributed by atoms with Crippen molar-refractivity contribution in [1.82, 2.24) is 0 Å². The number of nitrogens with one attached hydrogen (secondary N) is 1. The Morgan fingerprint density at radius 3 is 2.46 bits per heavy atom. The van der Waals surface area contributed by atoms with E-state index in [0.717, 1.165) is 15.5 Å². The molecular weight excluding hydrogens is 394 g/mol. The largest absolute Gasteiger partial charge is 0.462 e. The lowest BCUT2D eigenvalue weighted by Gasteiger charge is -2.06. The van der Waals surface area contributed by atoms with Crippen LogP contribution in [0.1, 0.15) is 39.4 Å². The Morgan fingerprint density at radius 1 is 1.15 bits per heavy atom. The van der Waals surface area contributed by atoms with Gasteiger partial charge in [-0.1, -0.05) is 6.07 Å². The summed E-state index contributed by atoms with van der Waals surface area (Å²) in [5.74, 6) is -1.15. The van der Waals surface area contributed by atoms with Crippen molar-refractivity contribution in [2.45, 2.75) is 25.0 Å². The van der Waals surface area contributed by atoms with Crippen molar-refractivity contribution in [3.8, 4) is 0 Å². The van der Waals surface area contributed by atoms with Gasteiger partial charge in [0.1, 0.15) is 9.88 Å². The predicted octanol–water partition coefficient (Wildman–Crippen LogP) is 4.20. The van der Waals surface area contributed by atoms with E-state index in [1.807, 2.05) is 17.5 Å². The highest BCUT2D eigenvalue weighted by atomic mass is 32.2. The normalized spacial score (nSPS) is 10.4. The van der Waals surface area contributed by atoms with Crippen LogP contribution in [0.25, 0.3) is 0 Å². The summed E-state index contributed by atoms with van der Waals surface area (Å²) in [5, 5.41) is 4.97. The molecule has 2 heterocycles. The average molecular weight is 414 g/mol. The smallest absolute Gasteiger partial charge is 0.348 e. The van der Waals surface area contributed by atoms with Gasteiger partial charge in [-0.25, -0.2) is 9.59 Å². The number of esters is 2. The molecule has 2 rings (SSSR count). The number of hydrogen-bond acceptors (Lipinski definition) is 8. The first-order valence-electron chi connectivity index (χ1n) is 7.91. The van der Waals surface area contributed by atoms with Gasteiger partial charge < -0.3 is 14.8 Å². The maximum absolute atomic E-state index is 12.3. The fourth-order valence-corrected chi connectivity index (χ4v) is 4.78. The summed E-state index contributed by atoms with van der Waals surface area (Å²) in [6, 6.07) is 3.85. The molecule has 0 saturated carbocycles. The number of hydrogen-bond donors (Lipinski definition) is 1. The van der Waals surface area contributed by atoms with E-state index in [0.29, 0.717) is 10.6 Å². The number of rotatable bonds is 8. The van der Waals surface area contributed by atoms with Gasteiger partial charge in [-0.15, -0.1) is 34.4 Å². The average Bonchev–Trinajstić information content (AvgIpc) is 3.21. The van der Waals surface area contributed by atoms with E-state index in [1.165, 1.54) is 11.8 Å². The molecule has 0 aliphatic rings. The second kappa shape index (κ2) is 9.75. The maximum Gasteiger partial charge on any atom is 0.348 e. The summed E-state index contributed by atoms with van der Waals surface area (Å²) in [6.07, 6.45) is 0. The third kappa shape index (κ3) is 5.09. The van der Waals surface area contributed by atoms with Crippen molar-refractivity contribution in [3.05, 3.63) is 33.5 Å². The third-order valence-corrected chi connectivity index (χ3v) is 6.50. The van der Waals surface area contributed by atoms with E-state index in [-0.39, 0.29) is 35.3 Å². The number of ether oxygens (including phenoxy) is 2. The van der Waals surface area contributed by atoms with Crippen molar-refractivity contribution in [2.75, 3.05) is 24.3 Å². The SMILES string of the molecule is CCOC(=O)c1sc(NC(=O)CSc2cccs2)c(C(=O)OCC)c1C. The Balaban J connectivity index is 2.21. The summed E-state index contributed by atoms with van der Waals surface area (Å²) in [6.45, 7) is 5.47. The quantitative estimate of drug-likeness (QED) is 0.516. The van der Waals surface area contributed by atoms with Gasteiger partial charge in [0.2, 0.25) is 5.91 Å². The number of thiophene rings is 2. The molecule has 1 amide bonds. The number of anilines is 1. The van der Waals surface area contributed by atoms with Gasteiger partial charge in [-0.2, -0.15) is 0 Å². The molecule has 9 heteroatoms. The van der Waals surface area contributed by atoms with Crippen molar-refractivity contribution >= 4 is 57.3 Å². The molecule has 140 valence electrons. The van der Waals surface area contributed by atoms with Crippen LogP contribution in [0.15, 0.2) is 21.7 Å². The lowest BCUT2D eigenvalue weighted by molar-refractivity contribution is -0.113. The van der Waals surface area contributed by atoms with Crippen LogP contribution in [-0.2, 0) is 14.3 Å². The molecule has 26 heavy (non-hydrogen) atoms. The number of thioether (sulfide) groups is 1. The van der Waals surface area contributed by atoms with Crippen LogP contribution in [0, 0.1) is 6.92 Å². The molecule has 0 aliphatic heterocycles. The van der Waals surface area contributed by atoms with Crippen LogP contribution in [0.4, 0.5) is 5.00 Å². The molecule has 0 unspecified atom stereocenters. The van der Waals surface area contributed by atoms with Crippen LogP contribution in [0.3, 0.4) is 0 Å². The van der Waals surface area contributed by atoms with Crippen molar-refractivity contribution in [1.29, 1.82) is 0 Å². The Bertz CT molecular complexity index is 783. The molecule has 6 nitrogen and oxygen atoms in total. The molecule has 0 aliphatic carbocycles. The highest BCUT2D eigenvalue weighted by Gasteiger charge is 2.27. The monoisotopic (exact) mass is 413 g/mol. The zero-order valence-corrected chi connectivity index (χ0v) is 17.1. The minimum absolute atomic E-state index is 0.199. The topological polar surface area (TPSA) is 81.7 Å². The fraction of sp³-hybridized carbons (Fsp3) is 0.353. The molecule has 0 radical (unpaired) electrons. The predicted molar refractivity (Wildman–Crippen MR) is 105 cm³/mol. The fourth-order valence-electron chi connectivity index (χ4n) is 2.09. The van der Waals surface area contributed by atoms with E-state index in [1.54, 1.807) is 32.1 Å². The highest BCUT2D eigenvalue weighted by molar-refractivity contribution is 8.01. The Labute approximate surface area is 163 Å². The molecule has 0 spiro atoms. The standard InChI is InChI=1S/C17H19NO5S3/c1-4-22-16(20)13-10(3)14(17(21)23-5-2)26-15(13)18-11(19)9-25-12-7-6-8-24-12/h6-8H,4-5,9H2,1-3H3,(H,18,19). The Kier molecular flexibility index (Phi) is 7.67. The molecule has 0 bridgehead atoms. The summed E-state index contributed by atoms with van der Waals surface area (Å²) < 4.78 is 11.1. The molecule has 2 aromatic rings. The minimum Gasteiger partial charge on any atom is -0.462 e. The van der Waals surface area contributed by atoms with Gasteiger partial charge in [-0.3, -0.25) is 4.79 Å². The van der Waals surface area contributed by atoms with Gasteiger partial charge in [0, 0.05) is 0 Å². The lowest BCUT2D eigenvalue weighted by Crippen LogP contribution is -2.16. The number of carbonyl (C=O) groups excluding carboxylic acids is 3. The molecule has 2 aromatic heterocycles. The van der Waals surface area contributed by atoms with Crippen LogP contribution >= 0.6 is 34.4 Å². The molecule has 0 saturated heterocycles. The zero-order chi connectivity index (χ0) is 19.1. The van der Waals surface area contributed by atoms with Crippen LogP contribution in [0.5, 0.6) is 0 Å². The van der Waals surface area contributed by atoms with E-state index >= 15 is 0 Å². The van der Waals surface area contributed by atoms with Gasteiger partial charge in [0.05, 0.1) is 28.7 Å². The van der Waals surface area contributed by atoms with E-state index in [4.69, 9.17) is 9.47 Å². The Hall–Kier alpha value is -1.84. The first-order valence-corrected chi connectivity index (χ1v) is 10.6. The molecule has 0 atom stereocenters. The van der Waals surface area contributed by atoms with Crippen LogP contribution in [-0.4, -0.2) is 36.8 Å². The van der Waals surface area contributed by atoms with Gasteiger partial charge in [0.25, 0.3) is 0 Å². The van der Waals surface area contributed by atoms with Gasteiger partial charge >= 0.3 is 11.9 Å². The van der Waals surface area contributed by atoms with E-state index < -0.39 is 11.9 Å². The Morgan fingerprint density at radius 2 is 1.85 bits per heavy atom. The summed E-state index contributed by atoms with van der Waals surface area (Å²) in [7, 11) is 0. The first kappa shape index (κ1) is 20.5. The lowest BCUT2D eigenvalue weighted by atomic mass is 10.1. The molecule has 0 fully saturated rings. The summed E-state index contributed by atoms with van der Waals surface area (Å²) in [4.78, 5) is 36.9. The molecular formula is C17H19NO5S3. The molecule has 1 N–H and O–H groups in total. The van der Waals surface area contributed by atoms with Crippen molar-refractivity contribution in [2.24, 2.45) is 0 Å². The van der Waals surface area contributed by atoms with Gasteiger partial charge in [0.15, 0.2) is 0 Å². The first-order chi connectivity index (χ1) is 12.5. The van der Waals surface area contributed by atoms with Crippen LogP contribution in [0.2, 0.25) is 0 Å². The van der Waals surface area contributed by atoms with Gasteiger partial charge in [-0.05, 0) is 37.8 Å². The summed E-state index contributed by atoms with van der Waals surface area (Å²) in [5.41, 5.74) is 0.655. The second-order valence-corrected chi connectivity index (χ2v) is 8.21. The second-order valence-electron chi connectivity index (χ2n) is 4.97. The highest BCUT2D eigenvalue weighted by Crippen LogP contribution is 2.34. The van der Waals surface area contributed by atoms with Crippen LogP contribution < -0.4 is 5.32 Å². The number of carbonyl (C=O) groups is 3. The zero-order valence-electron chi connectivity index (χ0n) is 14.6. The van der Waals surface area contributed by atoms with E-state index in [9.17, 15) is 14.4 Å². The van der Waals surface area contributed by atoms with Crippen molar-refractivity contribution in [3.63, 3.8) is 0 Å². The van der Waals surface area contributed by atoms with Crippen molar-refractivity contribution < 1.29 is 23.9 Å². The summed E-state index contributed by atoms with van der Waals surface area (Å²) >= 11 is 3.99. The van der Waals surface area contributed by atoms with E-state index in [2.05, 4.69) is 5.32 Å². The third-order valence-electron chi connectivity index (χ3n) is 3.18. The minimum atomic E-state index is -0.571. The number of amides is 1. The maximum atomic E-state index is 12.3.